The van der Waals surface area contributed by atoms with Gasteiger partial charge in [-0.3, -0.25) is 4.79 Å². The Morgan fingerprint density at radius 1 is 1.22 bits per heavy atom. The zero-order chi connectivity index (χ0) is 19.8. The van der Waals surface area contributed by atoms with Crippen LogP contribution in [0, 0.1) is 0 Å². The lowest BCUT2D eigenvalue weighted by molar-refractivity contribution is -0.137. The summed E-state index contributed by atoms with van der Waals surface area (Å²) >= 11 is 0. The van der Waals surface area contributed by atoms with Gasteiger partial charge in [0.1, 0.15) is 6.26 Å². The third-order valence-corrected chi connectivity index (χ3v) is 4.96. The van der Waals surface area contributed by atoms with Gasteiger partial charge < -0.3 is 14.2 Å². The molecule has 1 aromatic carbocycles. The van der Waals surface area contributed by atoms with Crippen molar-refractivity contribution in [3.8, 4) is 0 Å². The number of anilines is 1. The Balaban J connectivity index is 1.82. The van der Waals surface area contributed by atoms with E-state index < -0.39 is 11.7 Å². The summed E-state index contributed by atoms with van der Waals surface area (Å²) in [6.45, 7) is 7.06. The van der Waals surface area contributed by atoms with Gasteiger partial charge >= 0.3 is 6.18 Å². The summed E-state index contributed by atoms with van der Waals surface area (Å²) in [4.78, 5) is 16.2. The fourth-order valence-electron chi connectivity index (χ4n) is 3.36. The Morgan fingerprint density at radius 3 is 2.52 bits per heavy atom. The molecule has 0 aliphatic carbocycles. The van der Waals surface area contributed by atoms with Crippen LogP contribution >= 0.6 is 0 Å². The maximum absolute atomic E-state index is 13.3. The number of carbonyl (C=O) groups is 1. The van der Waals surface area contributed by atoms with Gasteiger partial charge in [0.15, 0.2) is 0 Å². The van der Waals surface area contributed by atoms with Gasteiger partial charge in [-0.1, -0.05) is 13.8 Å². The van der Waals surface area contributed by atoms with E-state index in [1.54, 1.807) is 11.0 Å². The van der Waals surface area contributed by atoms with Gasteiger partial charge in [-0.25, -0.2) is 0 Å². The van der Waals surface area contributed by atoms with Crippen LogP contribution in [0.4, 0.5) is 18.9 Å². The molecular formula is C20H23F3N2O2. The molecule has 7 heteroatoms. The second-order valence-corrected chi connectivity index (χ2v) is 7.27. The van der Waals surface area contributed by atoms with Crippen LogP contribution < -0.4 is 4.90 Å². The highest BCUT2D eigenvalue weighted by molar-refractivity contribution is 5.94. The van der Waals surface area contributed by atoms with Crippen LogP contribution in [-0.4, -0.2) is 36.5 Å². The normalized spacial score (nSPS) is 18.3. The molecule has 27 heavy (non-hydrogen) atoms. The largest absolute Gasteiger partial charge is 0.472 e. The predicted octanol–water partition coefficient (Wildman–Crippen LogP) is 4.77. The van der Waals surface area contributed by atoms with E-state index in [2.05, 4.69) is 0 Å². The molecule has 1 amide bonds. The van der Waals surface area contributed by atoms with E-state index >= 15 is 0 Å². The molecule has 0 bridgehead atoms. The third-order valence-electron chi connectivity index (χ3n) is 4.96. The molecule has 0 saturated carbocycles. The quantitative estimate of drug-likeness (QED) is 0.769. The fourth-order valence-corrected chi connectivity index (χ4v) is 3.36. The summed E-state index contributed by atoms with van der Waals surface area (Å²) in [6.07, 6.45) is -1.53. The second kappa shape index (κ2) is 7.29. The minimum absolute atomic E-state index is 0.00701. The number of hydrogen-bond acceptors (Lipinski definition) is 3. The highest BCUT2D eigenvalue weighted by Gasteiger charge is 2.33. The van der Waals surface area contributed by atoms with E-state index in [0.29, 0.717) is 36.4 Å². The zero-order valence-electron chi connectivity index (χ0n) is 15.6. The molecule has 1 aliphatic rings. The third kappa shape index (κ3) is 4.12. The summed E-state index contributed by atoms with van der Waals surface area (Å²) in [5.74, 6) is -0.129. The van der Waals surface area contributed by atoms with Crippen molar-refractivity contribution < 1.29 is 22.4 Å². The summed E-state index contributed by atoms with van der Waals surface area (Å²) < 4.78 is 44.9. The molecule has 0 unspecified atom stereocenters. The maximum Gasteiger partial charge on any atom is 0.416 e. The first-order valence-electron chi connectivity index (χ1n) is 8.97. The minimum atomic E-state index is -4.38. The number of halogens is 3. The van der Waals surface area contributed by atoms with Crippen LogP contribution in [-0.2, 0) is 6.18 Å². The smallest absolute Gasteiger partial charge is 0.416 e. The van der Waals surface area contributed by atoms with Crippen LogP contribution in [0.2, 0.25) is 0 Å². The molecule has 1 saturated heterocycles. The van der Waals surface area contributed by atoms with E-state index in [1.807, 2.05) is 31.7 Å². The van der Waals surface area contributed by atoms with E-state index in [9.17, 15) is 18.0 Å². The van der Waals surface area contributed by atoms with Gasteiger partial charge in [0.05, 0.1) is 17.4 Å². The topological polar surface area (TPSA) is 36.7 Å². The molecule has 0 radical (unpaired) electrons. The first kappa shape index (κ1) is 19.3. The monoisotopic (exact) mass is 380 g/mol. The molecule has 1 fully saturated rings. The Morgan fingerprint density at radius 2 is 1.96 bits per heavy atom. The predicted molar refractivity (Wildman–Crippen MR) is 97.0 cm³/mol. The summed E-state index contributed by atoms with van der Waals surface area (Å²) in [6, 6.07) is 5.73. The van der Waals surface area contributed by atoms with Gasteiger partial charge in [0.25, 0.3) is 5.91 Å². The number of nitrogens with zero attached hydrogens (tertiary/aromatic N) is 2. The second-order valence-electron chi connectivity index (χ2n) is 7.27. The fraction of sp³-hybridized carbons (Fsp3) is 0.450. The standard InChI is InChI=1S/C20H23F3N2O2/c1-13(2)16-8-17(20(21,22)23)10-18(9-16)24-5-6-25(14(3)11-24)19(26)15-4-7-27-12-15/h4,7-10,12-14H,5-6,11H2,1-3H3/t14-/m1/s1. The highest BCUT2D eigenvalue weighted by Crippen LogP contribution is 2.35. The number of benzene rings is 1. The van der Waals surface area contributed by atoms with E-state index in [0.717, 1.165) is 0 Å². The van der Waals surface area contributed by atoms with Crippen molar-refractivity contribution in [1.29, 1.82) is 0 Å². The van der Waals surface area contributed by atoms with Crippen LogP contribution in [0.5, 0.6) is 0 Å². The molecule has 1 aromatic heterocycles. The Labute approximate surface area is 156 Å². The van der Waals surface area contributed by atoms with Crippen molar-refractivity contribution in [1.82, 2.24) is 4.90 Å². The summed E-state index contributed by atoms with van der Waals surface area (Å²) in [5, 5.41) is 0. The van der Waals surface area contributed by atoms with Crippen LogP contribution in [0.1, 0.15) is 48.2 Å². The number of piperazine rings is 1. The van der Waals surface area contributed by atoms with E-state index in [4.69, 9.17) is 4.42 Å². The lowest BCUT2D eigenvalue weighted by atomic mass is 9.98. The minimum Gasteiger partial charge on any atom is -0.472 e. The molecule has 2 aromatic rings. The Kier molecular flexibility index (Phi) is 5.22. The van der Waals surface area contributed by atoms with Crippen LogP contribution in [0.3, 0.4) is 0 Å². The molecule has 146 valence electrons. The zero-order valence-corrected chi connectivity index (χ0v) is 15.6. The molecule has 1 atom stereocenters. The number of hydrogen-bond donors (Lipinski definition) is 0. The molecule has 1 aliphatic heterocycles. The highest BCUT2D eigenvalue weighted by atomic mass is 19.4. The lowest BCUT2D eigenvalue weighted by Gasteiger charge is -2.41. The van der Waals surface area contributed by atoms with Gasteiger partial charge in [-0.05, 0) is 42.7 Å². The molecule has 4 nitrogen and oxygen atoms in total. The maximum atomic E-state index is 13.3. The molecule has 3 rings (SSSR count). The van der Waals surface area contributed by atoms with Crippen LogP contribution in [0.15, 0.2) is 41.2 Å². The van der Waals surface area contributed by atoms with Crippen LogP contribution in [0.25, 0.3) is 0 Å². The van der Waals surface area contributed by atoms with Crippen molar-refractivity contribution in [2.24, 2.45) is 0 Å². The van der Waals surface area contributed by atoms with Crippen molar-refractivity contribution in [2.75, 3.05) is 24.5 Å². The first-order valence-corrected chi connectivity index (χ1v) is 8.97. The van der Waals surface area contributed by atoms with Gasteiger partial charge in [0, 0.05) is 31.4 Å². The van der Waals surface area contributed by atoms with Crippen molar-refractivity contribution in [3.63, 3.8) is 0 Å². The van der Waals surface area contributed by atoms with Gasteiger partial charge in [-0.2, -0.15) is 13.2 Å². The number of rotatable bonds is 3. The van der Waals surface area contributed by atoms with E-state index in [-0.39, 0.29) is 17.9 Å². The molecule has 0 N–H and O–H groups in total. The molecular weight excluding hydrogens is 357 g/mol. The number of amides is 1. The number of furan rings is 1. The average molecular weight is 380 g/mol. The Hall–Kier alpha value is -2.44. The van der Waals surface area contributed by atoms with Crippen molar-refractivity contribution >= 4 is 11.6 Å². The molecule has 2 heterocycles. The van der Waals surface area contributed by atoms with Crippen molar-refractivity contribution in [2.45, 2.75) is 38.9 Å². The summed E-state index contributed by atoms with van der Waals surface area (Å²) in [7, 11) is 0. The summed E-state index contributed by atoms with van der Waals surface area (Å²) in [5.41, 5.74) is 1.06. The van der Waals surface area contributed by atoms with Gasteiger partial charge in [-0.15, -0.1) is 0 Å². The average Bonchev–Trinajstić information content (AvgIpc) is 3.14. The van der Waals surface area contributed by atoms with Gasteiger partial charge in [0.2, 0.25) is 0 Å². The van der Waals surface area contributed by atoms with Crippen molar-refractivity contribution in [3.05, 3.63) is 53.5 Å². The number of alkyl halides is 3. The lowest BCUT2D eigenvalue weighted by Crippen LogP contribution is -2.54. The number of carbonyl (C=O) groups excluding carboxylic acids is 1. The van der Waals surface area contributed by atoms with E-state index in [1.165, 1.54) is 24.7 Å². The Bertz CT molecular complexity index is 800. The SMILES string of the molecule is CC(C)c1cc(N2CCN(C(=O)c3ccoc3)[C@H](C)C2)cc(C(F)(F)F)c1. The first-order chi connectivity index (χ1) is 12.7. The molecule has 0 spiro atoms.